The predicted octanol–water partition coefficient (Wildman–Crippen LogP) is 4.92. The minimum absolute atomic E-state index is 0.254. The van der Waals surface area contributed by atoms with Crippen LogP contribution in [0.4, 0.5) is 0 Å². The Labute approximate surface area is 137 Å². The molecule has 0 spiro atoms. The van der Waals surface area contributed by atoms with E-state index in [2.05, 4.69) is 64.2 Å². The maximum absolute atomic E-state index is 6.83. The van der Waals surface area contributed by atoms with Gasteiger partial charge < -0.3 is 10.2 Å². The van der Waals surface area contributed by atoms with E-state index in [1.54, 1.807) is 0 Å². The molecule has 0 bridgehead atoms. The van der Waals surface area contributed by atoms with Crippen molar-refractivity contribution >= 4 is 8.32 Å². The number of nitrogens with two attached hydrogens (primary N) is 1. The molecule has 1 aromatic carbocycles. The normalized spacial score (nSPS) is 26.9. The van der Waals surface area contributed by atoms with Crippen LogP contribution in [0.25, 0.3) is 0 Å². The van der Waals surface area contributed by atoms with E-state index in [0.717, 1.165) is 6.54 Å². The molecule has 0 heterocycles. The van der Waals surface area contributed by atoms with Crippen molar-refractivity contribution in [2.75, 3.05) is 6.54 Å². The summed E-state index contributed by atoms with van der Waals surface area (Å²) < 4.78 is 6.83. The fourth-order valence-electron chi connectivity index (χ4n) is 3.36. The Morgan fingerprint density at radius 2 is 1.77 bits per heavy atom. The molecule has 3 atom stereocenters. The van der Waals surface area contributed by atoms with E-state index in [9.17, 15) is 0 Å². The van der Waals surface area contributed by atoms with Crippen molar-refractivity contribution in [2.45, 2.75) is 70.2 Å². The summed E-state index contributed by atoms with van der Waals surface area (Å²) in [4.78, 5) is 0. The zero-order chi connectivity index (χ0) is 16.4. The lowest BCUT2D eigenvalue weighted by Gasteiger charge is -2.45. The van der Waals surface area contributed by atoms with Gasteiger partial charge in [0.15, 0.2) is 8.32 Å². The van der Waals surface area contributed by atoms with Crippen molar-refractivity contribution in [3.63, 3.8) is 0 Å². The van der Waals surface area contributed by atoms with Gasteiger partial charge in [-0.25, -0.2) is 0 Å². The van der Waals surface area contributed by atoms with Crippen LogP contribution in [0.1, 0.15) is 51.5 Å². The molecule has 124 valence electrons. The molecule has 1 aliphatic rings. The summed E-state index contributed by atoms with van der Waals surface area (Å²) >= 11 is 0. The summed E-state index contributed by atoms with van der Waals surface area (Å²) in [6.45, 7) is 12.4. The van der Waals surface area contributed by atoms with Crippen molar-refractivity contribution in [1.29, 1.82) is 0 Å². The molecule has 0 amide bonds. The highest BCUT2D eigenvalue weighted by Gasteiger charge is 2.43. The van der Waals surface area contributed by atoms with Crippen LogP contribution in [0.2, 0.25) is 18.1 Å². The molecule has 1 aromatic rings. The lowest BCUT2D eigenvalue weighted by molar-refractivity contribution is 0.0842. The Bertz CT molecular complexity index is 466. The summed E-state index contributed by atoms with van der Waals surface area (Å²) in [5.74, 6) is 1.000. The molecule has 3 heteroatoms. The van der Waals surface area contributed by atoms with Crippen molar-refractivity contribution in [1.82, 2.24) is 0 Å². The van der Waals surface area contributed by atoms with Gasteiger partial charge in [0.25, 0.3) is 0 Å². The smallest absolute Gasteiger partial charge is 0.192 e. The van der Waals surface area contributed by atoms with Gasteiger partial charge in [-0.05, 0) is 49.0 Å². The van der Waals surface area contributed by atoms with E-state index >= 15 is 0 Å². The number of hydrogen-bond donors (Lipinski definition) is 1. The summed E-state index contributed by atoms with van der Waals surface area (Å²) in [6, 6.07) is 10.9. The molecular weight excluding hydrogens is 286 g/mol. The molecule has 2 nitrogen and oxygen atoms in total. The first-order chi connectivity index (χ1) is 10.3. The highest BCUT2D eigenvalue weighted by molar-refractivity contribution is 6.74. The molecule has 1 aliphatic carbocycles. The average molecular weight is 320 g/mol. The first-order valence-corrected chi connectivity index (χ1v) is 11.6. The van der Waals surface area contributed by atoms with E-state index in [0.29, 0.717) is 17.9 Å². The quantitative estimate of drug-likeness (QED) is 0.799. The van der Waals surface area contributed by atoms with E-state index in [1.807, 2.05) is 0 Å². The molecule has 2 rings (SSSR count). The number of benzene rings is 1. The Hall–Kier alpha value is -0.643. The van der Waals surface area contributed by atoms with E-state index < -0.39 is 8.32 Å². The summed E-state index contributed by atoms with van der Waals surface area (Å²) in [5, 5.41) is 0.254. The molecule has 1 saturated carbocycles. The summed E-state index contributed by atoms with van der Waals surface area (Å²) in [5.41, 5.74) is 7.50. The molecule has 22 heavy (non-hydrogen) atoms. The predicted molar refractivity (Wildman–Crippen MR) is 97.6 cm³/mol. The fourth-order valence-corrected chi connectivity index (χ4v) is 4.73. The summed E-state index contributed by atoms with van der Waals surface area (Å²) in [7, 11) is -1.75. The molecule has 2 N–H and O–H groups in total. The van der Waals surface area contributed by atoms with Crippen LogP contribution in [-0.4, -0.2) is 21.0 Å². The minimum atomic E-state index is -1.75. The second-order valence-corrected chi connectivity index (χ2v) is 13.0. The molecule has 0 radical (unpaired) electrons. The Morgan fingerprint density at radius 1 is 1.14 bits per heavy atom. The molecule has 1 unspecified atom stereocenters. The van der Waals surface area contributed by atoms with Gasteiger partial charge in [0.2, 0.25) is 0 Å². The first-order valence-electron chi connectivity index (χ1n) is 8.69. The van der Waals surface area contributed by atoms with Crippen molar-refractivity contribution in [2.24, 2.45) is 11.7 Å². The van der Waals surface area contributed by atoms with Crippen LogP contribution in [0, 0.1) is 5.92 Å². The zero-order valence-corrected chi connectivity index (χ0v) is 15.9. The van der Waals surface area contributed by atoms with Gasteiger partial charge in [-0.1, -0.05) is 57.5 Å². The van der Waals surface area contributed by atoms with E-state index in [-0.39, 0.29) is 5.04 Å². The van der Waals surface area contributed by atoms with Gasteiger partial charge >= 0.3 is 0 Å². The molecule has 0 aliphatic heterocycles. The second-order valence-electron chi connectivity index (χ2n) is 8.28. The van der Waals surface area contributed by atoms with Gasteiger partial charge in [-0.15, -0.1) is 0 Å². The van der Waals surface area contributed by atoms with Gasteiger partial charge in [-0.2, -0.15) is 0 Å². The number of rotatable bonds is 4. The third-order valence-electron chi connectivity index (χ3n) is 5.71. The van der Waals surface area contributed by atoms with Crippen LogP contribution in [0.5, 0.6) is 0 Å². The number of hydrogen-bond acceptors (Lipinski definition) is 2. The molecular formula is C19H33NOSi. The van der Waals surface area contributed by atoms with Crippen molar-refractivity contribution in [3.8, 4) is 0 Å². The monoisotopic (exact) mass is 319 g/mol. The van der Waals surface area contributed by atoms with Crippen LogP contribution in [-0.2, 0) is 4.43 Å². The average Bonchev–Trinajstić information content (AvgIpc) is 2.46. The van der Waals surface area contributed by atoms with Crippen LogP contribution >= 0.6 is 0 Å². The lowest BCUT2D eigenvalue weighted by atomic mass is 9.74. The molecule has 0 saturated heterocycles. The van der Waals surface area contributed by atoms with Crippen LogP contribution < -0.4 is 5.73 Å². The van der Waals surface area contributed by atoms with E-state index in [4.69, 9.17) is 10.2 Å². The Morgan fingerprint density at radius 3 is 2.32 bits per heavy atom. The van der Waals surface area contributed by atoms with Gasteiger partial charge in [-0.3, -0.25) is 0 Å². The van der Waals surface area contributed by atoms with Crippen LogP contribution in [0.15, 0.2) is 30.3 Å². The fraction of sp³-hybridized carbons (Fsp3) is 0.684. The lowest BCUT2D eigenvalue weighted by Crippen LogP contribution is -2.48. The maximum Gasteiger partial charge on any atom is 0.192 e. The van der Waals surface area contributed by atoms with Crippen molar-refractivity contribution in [3.05, 3.63) is 35.9 Å². The van der Waals surface area contributed by atoms with Gasteiger partial charge in [0, 0.05) is 5.92 Å². The largest absolute Gasteiger partial charge is 0.413 e. The zero-order valence-electron chi connectivity index (χ0n) is 14.9. The minimum Gasteiger partial charge on any atom is -0.413 e. The highest BCUT2D eigenvalue weighted by Crippen LogP contribution is 2.44. The molecule has 0 aromatic heterocycles. The Kier molecular flexibility index (Phi) is 5.52. The van der Waals surface area contributed by atoms with Gasteiger partial charge in [0.05, 0.1) is 6.10 Å². The summed E-state index contributed by atoms with van der Waals surface area (Å²) in [6.07, 6.45) is 3.96. The third-order valence-corrected chi connectivity index (χ3v) is 10.2. The third kappa shape index (κ3) is 3.81. The molecule has 1 fully saturated rings. The van der Waals surface area contributed by atoms with Gasteiger partial charge in [0.1, 0.15) is 0 Å². The first kappa shape index (κ1) is 17.7. The van der Waals surface area contributed by atoms with Crippen LogP contribution in [0.3, 0.4) is 0 Å². The SMILES string of the molecule is CC(C)(C)[Si](C)(C)O[C@@H]1CCCC(CN)[C@@H]1c1ccccc1. The standard InChI is InChI=1S/C19H33NOSi/c1-19(2,3)22(4,5)21-17-13-9-12-16(14-20)18(17)15-10-7-6-8-11-15/h6-8,10-11,16-18H,9,12-14,20H2,1-5H3/t16?,17-,18+/m1/s1. The highest BCUT2D eigenvalue weighted by atomic mass is 28.4. The topological polar surface area (TPSA) is 35.2 Å². The second kappa shape index (κ2) is 6.86. The maximum atomic E-state index is 6.83. The Balaban J connectivity index is 2.27. The van der Waals surface area contributed by atoms with Crippen molar-refractivity contribution < 1.29 is 4.43 Å². The van der Waals surface area contributed by atoms with E-state index in [1.165, 1.54) is 24.8 Å².